The Labute approximate surface area is 127 Å². The smallest absolute Gasteiger partial charge is 0.269 e. The number of benzene rings is 2. The van der Waals surface area contributed by atoms with Crippen LogP contribution in [0.15, 0.2) is 40.9 Å². The molecule has 0 heterocycles. The summed E-state index contributed by atoms with van der Waals surface area (Å²) in [5, 5.41) is 11.0. The molecule has 0 N–H and O–H groups in total. The fraction of sp³-hybridized carbons (Fsp3) is 0.0769. The van der Waals surface area contributed by atoms with Gasteiger partial charge in [0.2, 0.25) is 0 Å². The Morgan fingerprint density at radius 1 is 1.30 bits per heavy atom. The van der Waals surface area contributed by atoms with E-state index in [9.17, 15) is 14.5 Å². The number of nitrogens with zero attached hydrogens (tertiary/aromatic N) is 1. The van der Waals surface area contributed by atoms with Crippen LogP contribution in [-0.4, -0.2) is 4.92 Å². The summed E-state index contributed by atoms with van der Waals surface area (Å²) in [4.78, 5) is 10.2. The third-order valence-corrected chi connectivity index (χ3v) is 3.54. The van der Waals surface area contributed by atoms with E-state index in [2.05, 4.69) is 15.9 Å². The van der Waals surface area contributed by atoms with Crippen LogP contribution in [0.3, 0.4) is 0 Å². The predicted molar refractivity (Wildman–Crippen MR) is 76.5 cm³/mol. The molecule has 2 rings (SSSR count). The third-order valence-electron chi connectivity index (χ3n) is 2.53. The highest BCUT2D eigenvalue weighted by Crippen LogP contribution is 2.25. The van der Waals surface area contributed by atoms with Crippen LogP contribution >= 0.6 is 27.5 Å². The normalized spacial score (nSPS) is 10.3. The number of non-ortho nitro benzene ring substituents is 1. The maximum Gasteiger partial charge on any atom is 0.269 e. The van der Waals surface area contributed by atoms with Crippen LogP contribution in [0.2, 0.25) is 5.02 Å². The van der Waals surface area contributed by atoms with Crippen molar-refractivity contribution in [3.05, 3.63) is 67.4 Å². The summed E-state index contributed by atoms with van der Waals surface area (Å²) in [5.74, 6) is -0.138. The SMILES string of the molecule is O=[N+]([O-])c1ccc(Cl)c(COc2ccc(Br)c(F)c2)c1. The lowest BCUT2D eigenvalue weighted by atomic mass is 10.2. The summed E-state index contributed by atoms with van der Waals surface area (Å²) >= 11 is 8.98. The van der Waals surface area contributed by atoms with Crippen LogP contribution in [0.4, 0.5) is 10.1 Å². The standard InChI is InChI=1S/C13H8BrClFNO3/c14-11-3-2-10(6-13(11)16)20-7-8-5-9(17(18)19)1-4-12(8)15/h1-6H,7H2. The fourth-order valence-corrected chi connectivity index (χ4v) is 1.93. The minimum Gasteiger partial charge on any atom is -0.489 e. The molecule has 20 heavy (non-hydrogen) atoms. The van der Waals surface area contributed by atoms with Crippen LogP contribution in [0, 0.1) is 15.9 Å². The quantitative estimate of drug-likeness (QED) is 0.585. The first-order valence-electron chi connectivity index (χ1n) is 5.48. The first-order chi connectivity index (χ1) is 9.47. The van der Waals surface area contributed by atoms with Gasteiger partial charge in [0.15, 0.2) is 0 Å². The number of rotatable bonds is 4. The second kappa shape index (κ2) is 6.19. The number of hydrogen-bond acceptors (Lipinski definition) is 3. The van der Waals surface area contributed by atoms with Crippen molar-refractivity contribution in [3.8, 4) is 5.75 Å². The van der Waals surface area contributed by atoms with Gasteiger partial charge in [0.1, 0.15) is 18.2 Å². The molecule has 0 aliphatic heterocycles. The maximum absolute atomic E-state index is 13.3. The summed E-state index contributed by atoms with van der Waals surface area (Å²) in [7, 11) is 0. The van der Waals surface area contributed by atoms with Gasteiger partial charge in [-0.2, -0.15) is 0 Å². The highest BCUT2D eigenvalue weighted by atomic mass is 79.9. The Morgan fingerprint density at radius 2 is 2.05 bits per heavy atom. The van der Waals surface area contributed by atoms with Gasteiger partial charge in [-0.1, -0.05) is 11.6 Å². The molecule has 0 fully saturated rings. The number of hydrogen-bond donors (Lipinski definition) is 0. The molecule has 0 radical (unpaired) electrons. The lowest BCUT2D eigenvalue weighted by Gasteiger charge is -2.08. The number of nitro benzene ring substituents is 1. The van der Waals surface area contributed by atoms with Crippen LogP contribution in [-0.2, 0) is 6.61 Å². The van der Waals surface area contributed by atoms with Gasteiger partial charge in [-0.3, -0.25) is 10.1 Å². The van der Waals surface area contributed by atoms with Gasteiger partial charge in [-0.15, -0.1) is 0 Å². The van der Waals surface area contributed by atoms with Crippen molar-refractivity contribution in [1.82, 2.24) is 0 Å². The Bertz CT molecular complexity index is 666. The monoisotopic (exact) mass is 359 g/mol. The van der Waals surface area contributed by atoms with Gasteiger partial charge >= 0.3 is 0 Å². The van der Waals surface area contributed by atoms with Crippen molar-refractivity contribution < 1.29 is 14.1 Å². The van der Waals surface area contributed by atoms with Crippen molar-refractivity contribution in [3.63, 3.8) is 0 Å². The van der Waals surface area contributed by atoms with E-state index in [-0.39, 0.29) is 12.3 Å². The van der Waals surface area contributed by atoms with Crippen LogP contribution in [0.25, 0.3) is 0 Å². The molecule has 0 atom stereocenters. The molecule has 2 aromatic carbocycles. The Hall–Kier alpha value is -1.66. The van der Waals surface area contributed by atoms with Gasteiger partial charge in [-0.05, 0) is 34.1 Å². The first kappa shape index (κ1) is 14.7. The topological polar surface area (TPSA) is 52.4 Å². The largest absolute Gasteiger partial charge is 0.489 e. The lowest BCUT2D eigenvalue weighted by molar-refractivity contribution is -0.384. The number of nitro groups is 1. The summed E-state index contributed by atoms with van der Waals surface area (Å²) < 4.78 is 19.0. The molecule has 4 nitrogen and oxygen atoms in total. The first-order valence-corrected chi connectivity index (χ1v) is 6.65. The van der Waals surface area contributed by atoms with E-state index in [1.807, 2.05) is 0 Å². The van der Waals surface area contributed by atoms with Crippen molar-refractivity contribution >= 4 is 33.2 Å². The summed E-state index contributed by atoms with van der Waals surface area (Å²) in [6, 6.07) is 8.39. The molecular weight excluding hydrogens is 353 g/mol. The molecule has 0 spiro atoms. The zero-order valence-corrected chi connectivity index (χ0v) is 12.3. The zero-order chi connectivity index (χ0) is 14.7. The summed E-state index contributed by atoms with van der Waals surface area (Å²) in [6.45, 7) is 0.0155. The zero-order valence-electron chi connectivity index (χ0n) is 9.98. The average Bonchev–Trinajstić information content (AvgIpc) is 2.41. The second-order valence-corrected chi connectivity index (χ2v) is 5.16. The molecule has 7 heteroatoms. The van der Waals surface area contributed by atoms with Crippen LogP contribution in [0.1, 0.15) is 5.56 Å². The van der Waals surface area contributed by atoms with Crippen molar-refractivity contribution in [2.75, 3.05) is 0 Å². The van der Waals surface area contributed by atoms with E-state index in [0.717, 1.165) is 0 Å². The molecule has 0 aromatic heterocycles. The van der Waals surface area contributed by atoms with Crippen LogP contribution in [0.5, 0.6) is 5.75 Å². The predicted octanol–water partition coefficient (Wildman–Crippen LogP) is 4.73. The van der Waals surface area contributed by atoms with E-state index in [4.69, 9.17) is 16.3 Å². The average molecular weight is 361 g/mol. The van der Waals surface area contributed by atoms with Gasteiger partial charge in [-0.25, -0.2) is 4.39 Å². The van der Waals surface area contributed by atoms with Crippen molar-refractivity contribution in [1.29, 1.82) is 0 Å². The molecule has 0 bridgehead atoms. The highest BCUT2D eigenvalue weighted by molar-refractivity contribution is 9.10. The minimum atomic E-state index is -0.515. The third kappa shape index (κ3) is 3.46. The van der Waals surface area contributed by atoms with E-state index >= 15 is 0 Å². The van der Waals surface area contributed by atoms with Crippen LogP contribution < -0.4 is 4.74 Å². The highest BCUT2D eigenvalue weighted by Gasteiger charge is 2.10. The van der Waals surface area contributed by atoms with Gasteiger partial charge < -0.3 is 4.74 Å². The van der Waals surface area contributed by atoms with Gasteiger partial charge in [0.05, 0.1) is 9.40 Å². The summed E-state index contributed by atoms with van der Waals surface area (Å²) in [5.41, 5.74) is 0.388. The lowest BCUT2D eigenvalue weighted by Crippen LogP contribution is -1.98. The molecule has 2 aromatic rings. The Kier molecular flexibility index (Phi) is 4.57. The molecule has 0 aliphatic carbocycles. The van der Waals surface area contributed by atoms with Crippen molar-refractivity contribution in [2.45, 2.75) is 6.61 Å². The van der Waals surface area contributed by atoms with Gasteiger partial charge in [0, 0.05) is 28.8 Å². The minimum absolute atomic E-state index is 0.0155. The van der Waals surface area contributed by atoms with E-state index < -0.39 is 10.7 Å². The number of ether oxygens (including phenoxy) is 1. The Morgan fingerprint density at radius 3 is 2.70 bits per heavy atom. The van der Waals surface area contributed by atoms with Gasteiger partial charge in [0.25, 0.3) is 5.69 Å². The number of halogens is 3. The molecular formula is C13H8BrClFNO3. The van der Waals surface area contributed by atoms with E-state index in [0.29, 0.717) is 20.8 Å². The molecule has 0 saturated heterocycles. The molecule has 0 saturated carbocycles. The Balaban J connectivity index is 2.15. The van der Waals surface area contributed by atoms with Crippen molar-refractivity contribution in [2.24, 2.45) is 0 Å². The molecule has 0 unspecified atom stereocenters. The van der Waals surface area contributed by atoms with E-state index in [1.165, 1.54) is 30.3 Å². The maximum atomic E-state index is 13.3. The summed E-state index contributed by atoms with van der Waals surface area (Å²) in [6.07, 6.45) is 0. The van der Waals surface area contributed by atoms with E-state index in [1.54, 1.807) is 6.07 Å². The molecule has 0 amide bonds. The second-order valence-electron chi connectivity index (χ2n) is 3.90. The fourth-order valence-electron chi connectivity index (χ4n) is 1.51. The molecule has 0 aliphatic rings. The molecule has 104 valence electrons.